The molecule has 6 nitrogen and oxygen atoms in total. The first kappa shape index (κ1) is 9.85. The molecule has 15 heavy (non-hydrogen) atoms. The fourth-order valence-corrected chi connectivity index (χ4v) is 1.37. The Kier molecular flexibility index (Phi) is 2.51. The van der Waals surface area contributed by atoms with E-state index in [1.807, 2.05) is 20.0 Å². The van der Waals surface area contributed by atoms with Crippen LogP contribution in [0.4, 0.5) is 5.69 Å². The van der Waals surface area contributed by atoms with Gasteiger partial charge >= 0.3 is 0 Å². The van der Waals surface area contributed by atoms with Crippen molar-refractivity contribution in [2.45, 2.75) is 13.0 Å². The first-order valence-electron chi connectivity index (χ1n) is 4.83. The number of hydrogen-bond donors (Lipinski definition) is 2. The second kappa shape index (κ2) is 3.82. The number of nitrogens with zero attached hydrogens (tertiary/aromatic N) is 4. The van der Waals surface area contributed by atoms with Crippen LogP contribution in [0.2, 0.25) is 0 Å². The molecule has 2 aromatic heterocycles. The standard InChI is InChI=1S/C9H14N6/c1-6(5-10)12-7-3-4-11-9-8(7)13-14-15(9)2/h3-4,6H,5,10H2,1-2H3,(H,11,12). The minimum absolute atomic E-state index is 0.206. The van der Waals surface area contributed by atoms with Crippen LogP contribution in [0.3, 0.4) is 0 Å². The number of nitrogens with two attached hydrogens (primary N) is 1. The molecular formula is C9H14N6. The number of nitrogens with one attached hydrogen (secondary N) is 1. The summed E-state index contributed by atoms with van der Waals surface area (Å²) in [4.78, 5) is 4.20. The summed E-state index contributed by atoms with van der Waals surface area (Å²) in [6.07, 6.45) is 1.73. The molecule has 0 aliphatic heterocycles. The molecule has 0 aliphatic carbocycles. The summed E-state index contributed by atoms with van der Waals surface area (Å²) in [6.45, 7) is 2.59. The van der Waals surface area contributed by atoms with Crippen molar-refractivity contribution < 1.29 is 0 Å². The highest BCUT2D eigenvalue weighted by Gasteiger charge is 2.09. The summed E-state index contributed by atoms with van der Waals surface area (Å²) in [6, 6.07) is 2.08. The third-order valence-electron chi connectivity index (χ3n) is 2.25. The Morgan fingerprint density at radius 2 is 2.40 bits per heavy atom. The third kappa shape index (κ3) is 1.75. The van der Waals surface area contributed by atoms with Gasteiger partial charge in [-0.1, -0.05) is 5.21 Å². The molecule has 0 amide bonds. The number of aromatic nitrogens is 4. The Morgan fingerprint density at radius 3 is 3.13 bits per heavy atom. The lowest BCUT2D eigenvalue weighted by molar-refractivity contribution is 0.730. The fourth-order valence-electron chi connectivity index (χ4n) is 1.37. The quantitative estimate of drug-likeness (QED) is 0.745. The van der Waals surface area contributed by atoms with Crippen LogP contribution < -0.4 is 11.1 Å². The second-order valence-corrected chi connectivity index (χ2v) is 3.52. The van der Waals surface area contributed by atoms with E-state index < -0.39 is 0 Å². The van der Waals surface area contributed by atoms with Gasteiger partial charge in [-0.25, -0.2) is 9.67 Å². The zero-order chi connectivity index (χ0) is 10.8. The summed E-state index contributed by atoms with van der Waals surface area (Å²) >= 11 is 0. The highest BCUT2D eigenvalue weighted by molar-refractivity contribution is 5.84. The minimum Gasteiger partial charge on any atom is -0.379 e. The highest BCUT2D eigenvalue weighted by atomic mass is 15.4. The molecule has 0 radical (unpaired) electrons. The van der Waals surface area contributed by atoms with Gasteiger partial charge in [0, 0.05) is 25.8 Å². The van der Waals surface area contributed by atoms with E-state index in [4.69, 9.17) is 5.73 Å². The Morgan fingerprint density at radius 1 is 1.60 bits per heavy atom. The molecule has 3 N–H and O–H groups in total. The molecule has 0 saturated carbocycles. The Hall–Kier alpha value is -1.69. The van der Waals surface area contributed by atoms with Crippen molar-refractivity contribution in [3.05, 3.63) is 12.3 Å². The van der Waals surface area contributed by atoms with Gasteiger partial charge in [-0.3, -0.25) is 0 Å². The average Bonchev–Trinajstić information content (AvgIpc) is 2.62. The van der Waals surface area contributed by atoms with Gasteiger partial charge in [0.1, 0.15) is 0 Å². The number of rotatable bonds is 3. The van der Waals surface area contributed by atoms with E-state index >= 15 is 0 Å². The van der Waals surface area contributed by atoms with E-state index in [1.54, 1.807) is 10.9 Å². The zero-order valence-corrected chi connectivity index (χ0v) is 8.81. The van der Waals surface area contributed by atoms with Crippen LogP contribution in [-0.2, 0) is 7.05 Å². The SMILES string of the molecule is CC(CN)Nc1ccnc2c1nnn2C. The van der Waals surface area contributed by atoms with Gasteiger partial charge < -0.3 is 11.1 Å². The summed E-state index contributed by atoms with van der Waals surface area (Å²) in [5, 5.41) is 11.2. The van der Waals surface area contributed by atoms with Gasteiger partial charge in [0.05, 0.1) is 5.69 Å². The third-order valence-corrected chi connectivity index (χ3v) is 2.25. The molecule has 80 valence electrons. The van der Waals surface area contributed by atoms with E-state index in [0.717, 1.165) is 16.9 Å². The maximum absolute atomic E-state index is 5.55. The van der Waals surface area contributed by atoms with E-state index in [0.29, 0.717) is 6.54 Å². The van der Waals surface area contributed by atoms with E-state index in [9.17, 15) is 0 Å². The Labute approximate surface area is 87.5 Å². The molecule has 0 spiro atoms. The molecule has 1 atom stereocenters. The lowest BCUT2D eigenvalue weighted by atomic mass is 10.3. The van der Waals surface area contributed by atoms with Crippen molar-refractivity contribution in [1.29, 1.82) is 0 Å². The lowest BCUT2D eigenvalue weighted by Crippen LogP contribution is -2.25. The smallest absolute Gasteiger partial charge is 0.180 e. The van der Waals surface area contributed by atoms with Gasteiger partial charge in [0.25, 0.3) is 0 Å². The van der Waals surface area contributed by atoms with Crippen LogP contribution in [0.5, 0.6) is 0 Å². The van der Waals surface area contributed by atoms with Crippen LogP contribution in [0.25, 0.3) is 11.2 Å². The van der Waals surface area contributed by atoms with Crippen molar-refractivity contribution >= 4 is 16.9 Å². The predicted molar refractivity (Wildman–Crippen MR) is 58.4 cm³/mol. The van der Waals surface area contributed by atoms with Gasteiger partial charge in [0.15, 0.2) is 11.2 Å². The minimum atomic E-state index is 0.206. The molecule has 0 aromatic carbocycles. The molecule has 2 aromatic rings. The van der Waals surface area contributed by atoms with Crippen molar-refractivity contribution in [2.75, 3.05) is 11.9 Å². The average molecular weight is 206 g/mol. The van der Waals surface area contributed by atoms with E-state index in [-0.39, 0.29) is 6.04 Å². The normalized spacial score (nSPS) is 13.0. The number of anilines is 1. The van der Waals surface area contributed by atoms with Crippen LogP contribution in [-0.4, -0.2) is 32.6 Å². The number of aryl methyl sites for hydroxylation is 1. The molecule has 0 bridgehead atoms. The predicted octanol–water partition coefficient (Wildman–Crippen LogP) is 0.122. The van der Waals surface area contributed by atoms with Crippen LogP contribution in [0, 0.1) is 0 Å². The maximum Gasteiger partial charge on any atom is 0.180 e. The van der Waals surface area contributed by atoms with Crippen LogP contribution >= 0.6 is 0 Å². The summed E-state index contributed by atoms with van der Waals surface area (Å²) < 4.78 is 1.65. The number of pyridine rings is 1. The molecule has 0 aliphatic rings. The number of hydrogen-bond acceptors (Lipinski definition) is 5. The molecule has 0 saturated heterocycles. The Balaban J connectivity index is 2.43. The van der Waals surface area contributed by atoms with Gasteiger partial charge in [-0.2, -0.15) is 0 Å². The molecule has 6 heteroatoms. The highest BCUT2D eigenvalue weighted by Crippen LogP contribution is 2.18. The van der Waals surface area contributed by atoms with Crippen LogP contribution in [0.15, 0.2) is 12.3 Å². The van der Waals surface area contributed by atoms with Gasteiger partial charge in [-0.05, 0) is 13.0 Å². The second-order valence-electron chi connectivity index (χ2n) is 3.52. The van der Waals surface area contributed by atoms with Crippen LogP contribution in [0.1, 0.15) is 6.92 Å². The van der Waals surface area contributed by atoms with E-state index in [2.05, 4.69) is 20.6 Å². The maximum atomic E-state index is 5.55. The van der Waals surface area contributed by atoms with Gasteiger partial charge in [-0.15, -0.1) is 5.10 Å². The molecule has 0 fully saturated rings. The number of fused-ring (bicyclic) bond motifs is 1. The summed E-state index contributed by atoms with van der Waals surface area (Å²) in [5.74, 6) is 0. The first-order chi connectivity index (χ1) is 7.22. The van der Waals surface area contributed by atoms with E-state index in [1.165, 1.54) is 0 Å². The zero-order valence-electron chi connectivity index (χ0n) is 8.81. The van der Waals surface area contributed by atoms with Crippen molar-refractivity contribution in [1.82, 2.24) is 20.0 Å². The molecular weight excluding hydrogens is 192 g/mol. The summed E-state index contributed by atoms with van der Waals surface area (Å²) in [5.41, 5.74) is 8.02. The molecule has 1 unspecified atom stereocenters. The Bertz CT molecular complexity index is 463. The molecule has 2 rings (SSSR count). The van der Waals surface area contributed by atoms with Gasteiger partial charge in [0.2, 0.25) is 0 Å². The van der Waals surface area contributed by atoms with Crippen molar-refractivity contribution in [2.24, 2.45) is 12.8 Å². The fraction of sp³-hybridized carbons (Fsp3) is 0.444. The summed E-state index contributed by atoms with van der Waals surface area (Å²) in [7, 11) is 1.82. The topological polar surface area (TPSA) is 81.7 Å². The monoisotopic (exact) mass is 206 g/mol. The van der Waals surface area contributed by atoms with Crippen molar-refractivity contribution in [3.8, 4) is 0 Å². The van der Waals surface area contributed by atoms with Crippen molar-refractivity contribution in [3.63, 3.8) is 0 Å². The lowest BCUT2D eigenvalue weighted by Gasteiger charge is -2.12. The first-order valence-corrected chi connectivity index (χ1v) is 4.83. The molecule has 2 heterocycles. The largest absolute Gasteiger partial charge is 0.379 e.